The lowest BCUT2D eigenvalue weighted by atomic mass is 9.80. The minimum Gasteiger partial charge on any atom is -0.384 e. The van der Waals surface area contributed by atoms with Crippen LogP contribution in [0.25, 0.3) is 0 Å². The van der Waals surface area contributed by atoms with Crippen molar-refractivity contribution in [2.45, 2.75) is 57.9 Å². The molecule has 124 valence electrons. The van der Waals surface area contributed by atoms with Gasteiger partial charge in [0.15, 0.2) is 0 Å². The summed E-state index contributed by atoms with van der Waals surface area (Å²) < 4.78 is 10.9. The van der Waals surface area contributed by atoms with Gasteiger partial charge in [0.2, 0.25) is 0 Å². The van der Waals surface area contributed by atoms with E-state index in [1.54, 1.807) is 7.11 Å². The molecule has 0 aromatic rings. The number of ether oxygens (including phenoxy) is 2. The first kappa shape index (κ1) is 17.2. The number of hydrogen-bond acceptors (Lipinski definition) is 5. The molecule has 0 spiro atoms. The van der Waals surface area contributed by atoms with Crippen LogP contribution in [0.4, 0.5) is 0 Å². The molecular formula is C16H32N2O3. The van der Waals surface area contributed by atoms with Crippen molar-refractivity contribution >= 4 is 0 Å². The molecule has 0 aromatic heterocycles. The molecule has 0 aromatic carbocycles. The fourth-order valence-corrected chi connectivity index (χ4v) is 3.37. The van der Waals surface area contributed by atoms with Gasteiger partial charge in [-0.15, -0.1) is 0 Å². The summed E-state index contributed by atoms with van der Waals surface area (Å²) in [6, 6.07) is 0.823. The molecule has 3 unspecified atom stereocenters. The number of aliphatic hydroxyl groups is 1. The Morgan fingerprint density at radius 3 is 2.52 bits per heavy atom. The zero-order valence-corrected chi connectivity index (χ0v) is 14.2. The lowest BCUT2D eigenvalue weighted by Gasteiger charge is -2.53. The average Bonchev–Trinajstić information content (AvgIpc) is 2.38. The Kier molecular flexibility index (Phi) is 5.31. The largest absolute Gasteiger partial charge is 0.384 e. The van der Waals surface area contributed by atoms with Gasteiger partial charge in [0.1, 0.15) is 5.60 Å². The van der Waals surface area contributed by atoms with E-state index >= 15 is 0 Å². The number of nitrogens with one attached hydrogen (secondary N) is 1. The van der Waals surface area contributed by atoms with Gasteiger partial charge in [-0.25, -0.2) is 0 Å². The number of hydrogen-bond donors (Lipinski definition) is 2. The van der Waals surface area contributed by atoms with Crippen LogP contribution in [0.3, 0.4) is 0 Å². The molecule has 2 saturated heterocycles. The van der Waals surface area contributed by atoms with Gasteiger partial charge >= 0.3 is 0 Å². The molecule has 0 amide bonds. The lowest BCUT2D eigenvalue weighted by Crippen LogP contribution is -2.66. The number of nitrogens with zero attached hydrogens (tertiary/aromatic N) is 1. The molecule has 2 rings (SSSR count). The third-order valence-electron chi connectivity index (χ3n) is 4.79. The highest BCUT2D eigenvalue weighted by atomic mass is 16.6. The van der Waals surface area contributed by atoms with E-state index in [-0.39, 0.29) is 6.10 Å². The first-order chi connectivity index (χ1) is 9.78. The number of likely N-dealkylation sites (tertiary alicyclic amines) is 1. The second kappa shape index (κ2) is 6.50. The average molecular weight is 300 g/mol. The van der Waals surface area contributed by atoms with Crippen molar-refractivity contribution in [3.63, 3.8) is 0 Å². The SMILES string of the molecule is COCC1(C)CN(C(C)CC2OCC2(O)CNC(C)C)C1. The Morgan fingerprint density at radius 1 is 1.38 bits per heavy atom. The summed E-state index contributed by atoms with van der Waals surface area (Å²) in [4.78, 5) is 2.46. The second-order valence-corrected chi connectivity index (χ2v) is 7.67. The molecule has 0 radical (unpaired) electrons. The molecule has 2 heterocycles. The minimum absolute atomic E-state index is 0.0481. The fourth-order valence-electron chi connectivity index (χ4n) is 3.37. The molecule has 21 heavy (non-hydrogen) atoms. The van der Waals surface area contributed by atoms with E-state index in [0.29, 0.717) is 30.7 Å². The Morgan fingerprint density at radius 2 is 2.05 bits per heavy atom. The predicted molar refractivity (Wildman–Crippen MR) is 83.5 cm³/mol. The molecule has 2 aliphatic heterocycles. The van der Waals surface area contributed by atoms with Crippen LogP contribution in [-0.4, -0.2) is 73.8 Å². The zero-order valence-electron chi connectivity index (χ0n) is 14.2. The van der Waals surface area contributed by atoms with Gasteiger partial charge in [-0.2, -0.15) is 0 Å². The highest BCUT2D eigenvalue weighted by Gasteiger charge is 2.49. The highest BCUT2D eigenvalue weighted by Crippen LogP contribution is 2.35. The standard InChI is InChI=1S/C16H32N2O3/c1-12(2)17-7-16(19)11-21-14(16)6-13(3)18-8-15(4,9-18)10-20-5/h12-14,17,19H,6-11H2,1-5H3. The van der Waals surface area contributed by atoms with E-state index in [4.69, 9.17) is 9.47 Å². The molecular weight excluding hydrogens is 268 g/mol. The molecule has 0 saturated carbocycles. The smallest absolute Gasteiger partial charge is 0.126 e. The third-order valence-corrected chi connectivity index (χ3v) is 4.79. The van der Waals surface area contributed by atoms with Gasteiger partial charge in [0.05, 0.1) is 19.3 Å². The maximum absolute atomic E-state index is 10.6. The lowest BCUT2D eigenvalue weighted by molar-refractivity contribution is -0.242. The van der Waals surface area contributed by atoms with E-state index in [1.807, 2.05) is 0 Å². The van der Waals surface area contributed by atoms with Crippen LogP contribution >= 0.6 is 0 Å². The van der Waals surface area contributed by atoms with Gasteiger partial charge in [0.25, 0.3) is 0 Å². The molecule has 5 nitrogen and oxygen atoms in total. The van der Waals surface area contributed by atoms with Crippen LogP contribution in [-0.2, 0) is 9.47 Å². The van der Waals surface area contributed by atoms with E-state index in [0.717, 1.165) is 26.1 Å². The van der Waals surface area contributed by atoms with Crippen molar-refractivity contribution in [3.05, 3.63) is 0 Å². The molecule has 0 bridgehead atoms. The monoisotopic (exact) mass is 300 g/mol. The van der Waals surface area contributed by atoms with Crippen LogP contribution in [0, 0.1) is 5.41 Å². The minimum atomic E-state index is -0.695. The highest BCUT2D eigenvalue weighted by molar-refractivity contribution is 5.01. The van der Waals surface area contributed by atoms with Gasteiger partial charge in [-0.3, -0.25) is 4.90 Å². The van der Waals surface area contributed by atoms with Crippen molar-refractivity contribution in [2.24, 2.45) is 5.41 Å². The van der Waals surface area contributed by atoms with Gasteiger partial charge < -0.3 is 19.9 Å². The Balaban J connectivity index is 1.75. The predicted octanol–water partition coefficient (Wildman–Crippen LogP) is 0.861. The molecule has 2 N–H and O–H groups in total. The molecule has 2 aliphatic rings. The Hall–Kier alpha value is -0.200. The molecule has 2 fully saturated rings. The molecule has 3 atom stereocenters. The Bertz CT molecular complexity index is 344. The van der Waals surface area contributed by atoms with Gasteiger partial charge in [-0.05, 0) is 13.3 Å². The summed E-state index contributed by atoms with van der Waals surface area (Å²) >= 11 is 0. The molecule has 5 heteroatoms. The van der Waals surface area contributed by atoms with E-state index in [9.17, 15) is 5.11 Å². The number of rotatable bonds is 8. The first-order valence-electron chi connectivity index (χ1n) is 8.08. The Labute approximate surface area is 129 Å². The van der Waals surface area contributed by atoms with Crippen LogP contribution < -0.4 is 5.32 Å². The quantitative estimate of drug-likeness (QED) is 0.696. The summed E-state index contributed by atoms with van der Waals surface area (Å²) in [5.41, 5.74) is -0.405. The summed E-state index contributed by atoms with van der Waals surface area (Å²) in [5, 5.41) is 13.9. The maximum Gasteiger partial charge on any atom is 0.126 e. The normalized spacial score (nSPS) is 33.6. The van der Waals surface area contributed by atoms with Crippen LogP contribution in [0.1, 0.15) is 34.1 Å². The van der Waals surface area contributed by atoms with E-state index in [1.165, 1.54) is 0 Å². The van der Waals surface area contributed by atoms with Gasteiger partial charge in [-0.1, -0.05) is 20.8 Å². The van der Waals surface area contributed by atoms with Gasteiger partial charge in [0, 0.05) is 44.2 Å². The van der Waals surface area contributed by atoms with Crippen molar-refractivity contribution < 1.29 is 14.6 Å². The van der Waals surface area contributed by atoms with Crippen molar-refractivity contribution in [3.8, 4) is 0 Å². The van der Waals surface area contributed by atoms with Crippen LogP contribution in [0.2, 0.25) is 0 Å². The number of methoxy groups -OCH3 is 1. The summed E-state index contributed by atoms with van der Waals surface area (Å²) in [5.74, 6) is 0. The third kappa shape index (κ3) is 3.96. The van der Waals surface area contributed by atoms with E-state index in [2.05, 4.69) is 37.9 Å². The topological polar surface area (TPSA) is 54.0 Å². The molecule has 0 aliphatic carbocycles. The zero-order chi connectivity index (χ0) is 15.7. The second-order valence-electron chi connectivity index (χ2n) is 7.67. The van der Waals surface area contributed by atoms with Crippen molar-refractivity contribution in [1.29, 1.82) is 0 Å². The van der Waals surface area contributed by atoms with Crippen LogP contribution in [0.5, 0.6) is 0 Å². The fraction of sp³-hybridized carbons (Fsp3) is 1.00. The van der Waals surface area contributed by atoms with Crippen LogP contribution in [0.15, 0.2) is 0 Å². The first-order valence-corrected chi connectivity index (χ1v) is 8.08. The summed E-state index contributed by atoms with van der Waals surface area (Å²) in [7, 11) is 1.77. The van der Waals surface area contributed by atoms with E-state index < -0.39 is 5.60 Å². The van der Waals surface area contributed by atoms with Crippen molar-refractivity contribution in [2.75, 3.05) is 40.0 Å². The van der Waals surface area contributed by atoms with Crippen molar-refractivity contribution in [1.82, 2.24) is 10.2 Å². The maximum atomic E-state index is 10.6. The summed E-state index contributed by atoms with van der Waals surface area (Å²) in [6.45, 7) is 12.7. The summed E-state index contributed by atoms with van der Waals surface area (Å²) in [6.07, 6.45) is 0.840.